The van der Waals surface area contributed by atoms with Crippen molar-refractivity contribution in [3.8, 4) is 28.7 Å². The van der Waals surface area contributed by atoms with Crippen molar-refractivity contribution in [1.29, 1.82) is 0 Å². The van der Waals surface area contributed by atoms with Gasteiger partial charge in [0.25, 0.3) is 0 Å². The van der Waals surface area contributed by atoms with Gasteiger partial charge >= 0.3 is 0 Å². The average Bonchev–Trinajstić information content (AvgIpc) is 3.32. The van der Waals surface area contributed by atoms with E-state index in [2.05, 4.69) is 14.6 Å². The van der Waals surface area contributed by atoms with Crippen LogP contribution in [0.4, 0.5) is 0 Å². The van der Waals surface area contributed by atoms with E-state index < -0.39 is 0 Å². The molecule has 0 aliphatic heterocycles. The first-order valence-corrected chi connectivity index (χ1v) is 8.22. The summed E-state index contributed by atoms with van der Waals surface area (Å²) in [5, 5.41) is 4.75. The fourth-order valence-electron chi connectivity index (χ4n) is 3.19. The first-order chi connectivity index (χ1) is 11.8. The Hall–Kier alpha value is -2.76. The van der Waals surface area contributed by atoms with Crippen molar-refractivity contribution in [2.24, 2.45) is 0 Å². The summed E-state index contributed by atoms with van der Waals surface area (Å²) < 4.78 is 7.32. The third-order valence-electron chi connectivity index (χ3n) is 4.44. The lowest BCUT2D eigenvalue weighted by Crippen LogP contribution is -2.08. The minimum atomic E-state index is 0.403. The molecule has 6 heteroatoms. The van der Waals surface area contributed by atoms with Gasteiger partial charge in [0.2, 0.25) is 5.82 Å². The van der Waals surface area contributed by atoms with Gasteiger partial charge in [-0.25, -0.2) is 14.6 Å². The zero-order chi connectivity index (χ0) is 16.4. The Kier molecular flexibility index (Phi) is 3.94. The van der Waals surface area contributed by atoms with E-state index in [0.29, 0.717) is 17.6 Å². The van der Waals surface area contributed by atoms with E-state index in [1.54, 1.807) is 25.7 Å². The van der Waals surface area contributed by atoms with Crippen molar-refractivity contribution in [3.63, 3.8) is 0 Å². The number of nitrogens with zero attached hydrogens (tertiary/aromatic N) is 5. The van der Waals surface area contributed by atoms with Gasteiger partial charge in [-0.3, -0.25) is 4.98 Å². The van der Waals surface area contributed by atoms with Crippen molar-refractivity contribution in [3.05, 3.63) is 42.9 Å². The number of aromatic nitrogens is 5. The zero-order valence-corrected chi connectivity index (χ0v) is 13.6. The predicted octanol–water partition coefficient (Wildman–Crippen LogP) is 3.53. The van der Waals surface area contributed by atoms with Crippen LogP contribution in [0.1, 0.15) is 31.7 Å². The molecule has 0 bridgehead atoms. The summed E-state index contributed by atoms with van der Waals surface area (Å²) in [4.78, 5) is 13.2. The molecule has 122 valence electrons. The largest absolute Gasteiger partial charge is 0.497 e. The van der Waals surface area contributed by atoms with E-state index in [1.807, 2.05) is 24.3 Å². The first kappa shape index (κ1) is 14.8. The lowest BCUT2D eigenvalue weighted by molar-refractivity contribution is 0.415. The van der Waals surface area contributed by atoms with Gasteiger partial charge in [-0.1, -0.05) is 12.8 Å². The van der Waals surface area contributed by atoms with Crippen LogP contribution >= 0.6 is 0 Å². The van der Waals surface area contributed by atoms with Crippen LogP contribution in [0.5, 0.6) is 5.75 Å². The van der Waals surface area contributed by atoms with Gasteiger partial charge in [0.05, 0.1) is 19.3 Å². The standard InChI is InChI=1S/C18H19N5O/c1-24-15-8-6-13(7-9-15)18-21-17(16-12-19-10-11-20-16)22-23(18)14-4-2-3-5-14/h6-12,14H,2-5H2,1H3. The van der Waals surface area contributed by atoms with Gasteiger partial charge < -0.3 is 4.74 Å². The molecule has 0 atom stereocenters. The second kappa shape index (κ2) is 6.39. The molecule has 6 nitrogen and oxygen atoms in total. The van der Waals surface area contributed by atoms with Gasteiger partial charge in [0.1, 0.15) is 11.4 Å². The fraction of sp³-hybridized carbons (Fsp3) is 0.333. The van der Waals surface area contributed by atoms with Crippen LogP contribution in [0.25, 0.3) is 22.9 Å². The molecule has 1 aromatic carbocycles. The molecule has 4 rings (SSSR count). The third kappa shape index (κ3) is 2.75. The molecule has 0 amide bonds. The SMILES string of the molecule is COc1ccc(-c2nc(-c3cnccn3)nn2C2CCCC2)cc1. The van der Waals surface area contributed by atoms with Crippen LogP contribution in [-0.2, 0) is 0 Å². The van der Waals surface area contributed by atoms with E-state index in [4.69, 9.17) is 14.8 Å². The summed E-state index contributed by atoms with van der Waals surface area (Å²) in [6.45, 7) is 0. The van der Waals surface area contributed by atoms with E-state index in [1.165, 1.54) is 12.8 Å². The van der Waals surface area contributed by atoms with Crippen LogP contribution in [-0.4, -0.2) is 31.8 Å². The van der Waals surface area contributed by atoms with E-state index >= 15 is 0 Å². The topological polar surface area (TPSA) is 65.7 Å². The quantitative estimate of drug-likeness (QED) is 0.735. The van der Waals surface area contributed by atoms with E-state index in [0.717, 1.165) is 30.0 Å². The highest BCUT2D eigenvalue weighted by Crippen LogP contribution is 2.33. The van der Waals surface area contributed by atoms with Crippen molar-refractivity contribution in [2.45, 2.75) is 31.7 Å². The summed E-state index contributed by atoms with van der Waals surface area (Å²) in [5.41, 5.74) is 1.73. The number of hydrogen-bond acceptors (Lipinski definition) is 5. The minimum Gasteiger partial charge on any atom is -0.497 e. The average molecular weight is 321 g/mol. The van der Waals surface area contributed by atoms with Gasteiger partial charge in [0, 0.05) is 18.0 Å². The van der Waals surface area contributed by atoms with Crippen molar-refractivity contribution >= 4 is 0 Å². The summed E-state index contributed by atoms with van der Waals surface area (Å²) in [5.74, 6) is 2.34. The molecule has 2 aromatic heterocycles. The van der Waals surface area contributed by atoms with E-state index in [9.17, 15) is 0 Å². The first-order valence-electron chi connectivity index (χ1n) is 8.22. The molecular formula is C18H19N5O. The minimum absolute atomic E-state index is 0.403. The molecular weight excluding hydrogens is 302 g/mol. The Balaban J connectivity index is 1.79. The Morgan fingerprint density at radius 1 is 1.08 bits per heavy atom. The molecule has 0 unspecified atom stereocenters. The summed E-state index contributed by atoms with van der Waals surface area (Å²) in [6.07, 6.45) is 9.80. The Bertz CT molecular complexity index is 807. The maximum atomic E-state index is 5.25. The van der Waals surface area contributed by atoms with Crippen molar-refractivity contribution in [2.75, 3.05) is 7.11 Å². The second-order valence-corrected chi connectivity index (χ2v) is 5.96. The monoisotopic (exact) mass is 321 g/mol. The summed E-state index contributed by atoms with van der Waals surface area (Å²) >= 11 is 0. The number of methoxy groups -OCH3 is 1. The molecule has 1 fully saturated rings. The fourth-order valence-corrected chi connectivity index (χ4v) is 3.19. The van der Waals surface area contributed by atoms with Gasteiger partial charge in [-0.2, -0.15) is 0 Å². The normalized spacial score (nSPS) is 14.9. The molecule has 1 saturated carbocycles. The molecule has 24 heavy (non-hydrogen) atoms. The highest BCUT2D eigenvalue weighted by molar-refractivity contribution is 5.60. The lowest BCUT2D eigenvalue weighted by atomic mass is 10.2. The van der Waals surface area contributed by atoms with Crippen molar-refractivity contribution < 1.29 is 4.74 Å². The second-order valence-electron chi connectivity index (χ2n) is 5.96. The molecule has 1 aliphatic carbocycles. The van der Waals surface area contributed by atoms with Gasteiger partial charge in [-0.05, 0) is 37.1 Å². The Morgan fingerprint density at radius 2 is 1.88 bits per heavy atom. The molecule has 0 spiro atoms. The molecule has 2 heterocycles. The predicted molar refractivity (Wildman–Crippen MR) is 90.5 cm³/mol. The lowest BCUT2D eigenvalue weighted by Gasteiger charge is -2.12. The number of benzene rings is 1. The smallest absolute Gasteiger partial charge is 0.201 e. The molecule has 1 aliphatic rings. The number of rotatable bonds is 4. The van der Waals surface area contributed by atoms with Gasteiger partial charge in [-0.15, -0.1) is 5.10 Å². The van der Waals surface area contributed by atoms with Crippen LogP contribution in [0, 0.1) is 0 Å². The highest BCUT2D eigenvalue weighted by Gasteiger charge is 2.24. The van der Waals surface area contributed by atoms with Crippen molar-refractivity contribution in [1.82, 2.24) is 24.7 Å². The molecule has 0 saturated heterocycles. The van der Waals surface area contributed by atoms with Crippen LogP contribution < -0.4 is 4.74 Å². The summed E-state index contributed by atoms with van der Waals surface area (Å²) in [6, 6.07) is 8.35. The molecule has 0 radical (unpaired) electrons. The maximum Gasteiger partial charge on any atom is 0.201 e. The van der Waals surface area contributed by atoms with Gasteiger partial charge in [0.15, 0.2) is 5.82 Å². The Labute approximate surface area is 140 Å². The summed E-state index contributed by atoms with van der Waals surface area (Å²) in [7, 11) is 1.67. The number of ether oxygens (including phenoxy) is 1. The molecule has 3 aromatic rings. The third-order valence-corrected chi connectivity index (χ3v) is 4.44. The number of hydrogen-bond donors (Lipinski definition) is 0. The van der Waals surface area contributed by atoms with E-state index in [-0.39, 0.29) is 0 Å². The zero-order valence-electron chi connectivity index (χ0n) is 13.6. The Morgan fingerprint density at radius 3 is 2.54 bits per heavy atom. The molecule has 0 N–H and O–H groups in total. The maximum absolute atomic E-state index is 5.25. The van der Waals surface area contributed by atoms with Crippen LogP contribution in [0.15, 0.2) is 42.9 Å². The van der Waals surface area contributed by atoms with Crippen LogP contribution in [0.2, 0.25) is 0 Å². The highest BCUT2D eigenvalue weighted by atomic mass is 16.5. The van der Waals surface area contributed by atoms with Crippen LogP contribution in [0.3, 0.4) is 0 Å².